The molecule has 4 unspecified atom stereocenters. The molecule has 1 aliphatic carbocycles. The third-order valence-corrected chi connectivity index (χ3v) is 7.68. The van der Waals surface area contributed by atoms with Gasteiger partial charge in [0, 0.05) is 28.0 Å². The second-order valence-corrected chi connectivity index (χ2v) is 10.3. The van der Waals surface area contributed by atoms with Crippen molar-refractivity contribution >= 4 is 41.7 Å². The maximum atomic E-state index is 12.1. The second-order valence-electron chi connectivity index (χ2n) is 7.79. The van der Waals surface area contributed by atoms with Crippen LogP contribution < -0.4 is 10.6 Å². The van der Waals surface area contributed by atoms with Gasteiger partial charge >= 0.3 is 5.97 Å². The van der Waals surface area contributed by atoms with Gasteiger partial charge in [-0.2, -0.15) is 23.5 Å². The average Bonchev–Trinajstić information content (AvgIpc) is 2.58. The molecule has 4 N–H and O–H groups in total. The number of rotatable bonds is 13. The lowest BCUT2D eigenvalue weighted by Gasteiger charge is -2.37. The number of aldehydes is 1. The number of aliphatic carboxylic acids is 1. The van der Waals surface area contributed by atoms with Crippen LogP contribution in [0, 0.1) is 5.41 Å². The Kier molecular flexibility index (Phi) is 10.1. The summed E-state index contributed by atoms with van der Waals surface area (Å²) in [5, 5.41) is 25.1. The molecule has 0 aromatic rings. The van der Waals surface area contributed by atoms with Gasteiger partial charge < -0.3 is 25.6 Å². The Balaban J connectivity index is 2.46. The van der Waals surface area contributed by atoms with Crippen molar-refractivity contribution in [2.24, 2.45) is 5.41 Å². The van der Waals surface area contributed by atoms with Crippen molar-refractivity contribution in [3.05, 3.63) is 0 Å². The van der Waals surface area contributed by atoms with Crippen LogP contribution in [-0.4, -0.2) is 75.1 Å². The van der Waals surface area contributed by atoms with Gasteiger partial charge in [0.1, 0.15) is 12.3 Å². The van der Waals surface area contributed by atoms with E-state index in [4.69, 9.17) is 0 Å². The quantitative estimate of drug-likeness (QED) is 0.328. The van der Waals surface area contributed by atoms with Gasteiger partial charge in [0.15, 0.2) is 0 Å². The van der Waals surface area contributed by atoms with Gasteiger partial charge in [0.25, 0.3) is 0 Å². The van der Waals surface area contributed by atoms with Gasteiger partial charge in [-0.3, -0.25) is 4.79 Å². The van der Waals surface area contributed by atoms with Crippen molar-refractivity contribution < 1.29 is 24.6 Å². The number of carbonyl (C=O) groups excluding carboxylic acids is 2. The molecule has 27 heavy (non-hydrogen) atoms. The van der Waals surface area contributed by atoms with Crippen LogP contribution in [0.15, 0.2) is 0 Å². The van der Waals surface area contributed by atoms with E-state index in [-0.39, 0.29) is 24.4 Å². The van der Waals surface area contributed by atoms with Crippen LogP contribution in [0.25, 0.3) is 0 Å². The average molecular weight is 421 g/mol. The first-order chi connectivity index (χ1) is 12.6. The minimum Gasteiger partial charge on any atom is -0.480 e. The molecule has 1 amide bonds. The molecule has 0 radical (unpaired) electrons. The van der Waals surface area contributed by atoms with E-state index in [2.05, 4.69) is 10.6 Å². The molecule has 9 heteroatoms. The normalized spacial score (nSPS) is 22.0. The predicted octanol–water partition coefficient (Wildman–Crippen LogP) is 1.14. The highest BCUT2D eigenvalue weighted by molar-refractivity contribution is 8.04. The predicted molar refractivity (Wildman–Crippen MR) is 110 cm³/mol. The first kappa shape index (κ1) is 24.3. The Hall–Kier alpha value is -0.770. The van der Waals surface area contributed by atoms with Crippen LogP contribution in [0.2, 0.25) is 0 Å². The van der Waals surface area contributed by atoms with E-state index in [0.29, 0.717) is 16.3 Å². The number of nitrogens with one attached hydrogen (secondary N) is 2. The maximum Gasteiger partial charge on any atom is 0.327 e. The number of thioether (sulfide) groups is 2. The molecule has 1 aliphatic rings. The molecule has 0 heterocycles. The lowest BCUT2D eigenvalue weighted by Crippen LogP contribution is -2.49. The van der Waals surface area contributed by atoms with E-state index in [1.807, 2.05) is 13.8 Å². The SMILES string of the molecule is CC(C)NC(C=O)CSC1CCC1SCC(NC(=O)C(C)(C)CO)C(=O)O. The zero-order valence-corrected chi connectivity index (χ0v) is 18.1. The molecule has 1 fully saturated rings. The molecular formula is C18H32N2O5S2. The first-order valence-corrected chi connectivity index (χ1v) is 11.3. The van der Waals surface area contributed by atoms with Crippen molar-refractivity contribution in [2.75, 3.05) is 18.1 Å². The fourth-order valence-corrected chi connectivity index (χ4v) is 5.50. The number of aliphatic hydroxyl groups is 1. The van der Waals surface area contributed by atoms with E-state index in [0.717, 1.165) is 19.1 Å². The van der Waals surface area contributed by atoms with E-state index < -0.39 is 23.3 Å². The van der Waals surface area contributed by atoms with E-state index >= 15 is 0 Å². The third-order valence-electron chi connectivity index (χ3n) is 4.44. The highest BCUT2D eigenvalue weighted by Gasteiger charge is 2.35. The van der Waals surface area contributed by atoms with Crippen LogP contribution in [0.3, 0.4) is 0 Å². The molecule has 7 nitrogen and oxygen atoms in total. The molecule has 1 rings (SSSR count). The summed E-state index contributed by atoms with van der Waals surface area (Å²) in [4.78, 5) is 34.7. The fraction of sp³-hybridized carbons (Fsp3) is 0.833. The summed E-state index contributed by atoms with van der Waals surface area (Å²) in [6.07, 6.45) is 3.00. The molecule has 156 valence electrons. The Morgan fingerprint density at radius 2 is 1.74 bits per heavy atom. The van der Waals surface area contributed by atoms with Crippen LogP contribution in [0.4, 0.5) is 0 Å². The summed E-state index contributed by atoms with van der Waals surface area (Å²) in [6.45, 7) is 6.80. The Bertz CT molecular complexity index is 516. The standard InChI is InChI=1S/C18H32N2O5S2/c1-11(2)19-12(7-21)8-26-14-5-6-15(14)27-9-13(16(23)24)20-17(25)18(3,4)10-22/h7,11-15,19,22H,5-6,8-10H2,1-4H3,(H,20,25)(H,23,24). The smallest absolute Gasteiger partial charge is 0.327 e. The van der Waals surface area contributed by atoms with Crippen molar-refractivity contribution in [1.82, 2.24) is 10.6 Å². The van der Waals surface area contributed by atoms with Crippen molar-refractivity contribution in [3.63, 3.8) is 0 Å². The summed E-state index contributed by atoms with van der Waals surface area (Å²) in [5.74, 6) is -0.555. The molecule has 1 saturated carbocycles. The highest BCUT2D eigenvalue weighted by atomic mass is 32.2. The van der Waals surface area contributed by atoms with Gasteiger partial charge in [-0.05, 0) is 26.7 Å². The number of hydrogen-bond acceptors (Lipinski definition) is 7. The largest absolute Gasteiger partial charge is 0.480 e. The zero-order valence-electron chi connectivity index (χ0n) is 16.4. The van der Waals surface area contributed by atoms with Gasteiger partial charge in [0.2, 0.25) is 5.91 Å². The monoisotopic (exact) mass is 420 g/mol. The first-order valence-electron chi connectivity index (χ1n) is 9.20. The number of amides is 1. The molecule has 0 aromatic heterocycles. The molecule has 0 saturated heterocycles. The van der Waals surface area contributed by atoms with Crippen molar-refractivity contribution in [3.8, 4) is 0 Å². The van der Waals surface area contributed by atoms with Gasteiger partial charge in [-0.25, -0.2) is 4.79 Å². The van der Waals surface area contributed by atoms with Crippen molar-refractivity contribution in [2.45, 2.75) is 69.2 Å². The minimum absolute atomic E-state index is 0.173. The van der Waals surface area contributed by atoms with Crippen LogP contribution in [-0.2, 0) is 14.4 Å². The zero-order chi connectivity index (χ0) is 20.6. The molecule has 0 aromatic carbocycles. The number of carboxylic acids is 1. The summed E-state index contributed by atoms with van der Waals surface area (Å²) < 4.78 is 0. The lowest BCUT2D eigenvalue weighted by molar-refractivity contribution is -0.143. The summed E-state index contributed by atoms with van der Waals surface area (Å²) in [5.41, 5.74) is -1.01. The summed E-state index contributed by atoms with van der Waals surface area (Å²) >= 11 is 3.30. The summed E-state index contributed by atoms with van der Waals surface area (Å²) in [6, 6.07) is -0.909. The number of carboxylic acid groups (broad SMARTS) is 1. The topological polar surface area (TPSA) is 116 Å². The second kappa shape index (κ2) is 11.3. The number of hydrogen-bond donors (Lipinski definition) is 4. The van der Waals surface area contributed by atoms with Crippen molar-refractivity contribution in [1.29, 1.82) is 0 Å². The number of aliphatic hydroxyl groups excluding tert-OH is 1. The van der Waals surface area contributed by atoms with Gasteiger partial charge in [0.05, 0.1) is 18.1 Å². The Morgan fingerprint density at radius 1 is 1.19 bits per heavy atom. The fourth-order valence-electron chi connectivity index (χ4n) is 2.42. The van der Waals surface area contributed by atoms with E-state index in [9.17, 15) is 24.6 Å². The van der Waals surface area contributed by atoms with Crippen LogP contribution in [0.5, 0.6) is 0 Å². The van der Waals surface area contributed by atoms with Gasteiger partial charge in [-0.15, -0.1) is 0 Å². The molecule has 0 spiro atoms. The van der Waals surface area contributed by atoms with Gasteiger partial charge in [-0.1, -0.05) is 13.8 Å². The molecule has 0 aliphatic heterocycles. The van der Waals surface area contributed by atoms with Crippen LogP contribution in [0.1, 0.15) is 40.5 Å². The lowest BCUT2D eigenvalue weighted by atomic mass is 9.93. The maximum absolute atomic E-state index is 12.1. The molecule has 4 atom stereocenters. The van der Waals surface area contributed by atoms with E-state index in [1.165, 1.54) is 0 Å². The highest BCUT2D eigenvalue weighted by Crippen LogP contribution is 2.40. The Labute approximate surface area is 169 Å². The molecule has 0 bridgehead atoms. The molecular weight excluding hydrogens is 388 g/mol. The minimum atomic E-state index is -1.07. The number of carbonyl (C=O) groups is 3. The third kappa shape index (κ3) is 8.01. The summed E-state index contributed by atoms with van der Waals surface area (Å²) in [7, 11) is 0. The van der Waals surface area contributed by atoms with E-state index in [1.54, 1.807) is 37.4 Å². The Morgan fingerprint density at radius 3 is 2.15 bits per heavy atom. The van der Waals surface area contributed by atoms with Crippen LogP contribution >= 0.6 is 23.5 Å².